The monoisotopic (exact) mass is 327 g/mol. The van der Waals surface area contributed by atoms with E-state index < -0.39 is 22.4 Å². The maximum Gasteiger partial charge on any atom is 0.416 e. The van der Waals surface area contributed by atoms with Gasteiger partial charge in [0.1, 0.15) is 0 Å². The summed E-state index contributed by atoms with van der Waals surface area (Å²) in [7, 11) is 0. The average Bonchev–Trinajstić information content (AvgIpc) is 2.93. The number of rotatable bonds is 4. The Labute approximate surface area is 126 Å². The van der Waals surface area contributed by atoms with Crippen molar-refractivity contribution in [2.45, 2.75) is 6.18 Å². The molecule has 0 saturated heterocycles. The first-order chi connectivity index (χ1) is 10.3. The quantitative estimate of drug-likeness (QED) is 0.358. The standard InChI is InChI=1S/C14H8F3NO3S/c15-14(16,17)11-3-1-2-10(7-11)12(19)5-4-9-6-13(18(20)21)22-8-9/h1-8H. The van der Waals surface area contributed by atoms with Gasteiger partial charge in [0.2, 0.25) is 0 Å². The Balaban J connectivity index is 2.18. The molecule has 0 aliphatic heterocycles. The Hall–Kier alpha value is -2.48. The molecule has 0 aliphatic rings. The molecule has 0 fully saturated rings. The van der Waals surface area contributed by atoms with E-state index in [2.05, 4.69) is 0 Å². The predicted molar refractivity (Wildman–Crippen MR) is 75.8 cm³/mol. The van der Waals surface area contributed by atoms with Crippen molar-refractivity contribution in [3.05, 3.63) is 68.6 Å². The van der Waals surface area contributed by atoms with E-state index in [9.17, 15) is 28.1 Å². The maximum absolute atomic E-state index is 12.6. The molecule has 1 aromatic heterocycles. The molecular formula is C14H8F3NO3S. The van der Waals surface area contributed by atoms with E-state index in [1.807, 2.05) is 0 Å². The van der Waals surface area contributed by atoms with Gasteiger partial charge in [-0.1, -0.05) is 23.5 Å². The second-order valence-corrected chi connectivity index (χ2v) is 5.14. The fourth-order valence-corrected chi connectivity index (χ4v) is 2.33. The number of nitro groups is 1. The van der Waals surface area contributed by atoms with E-state index in [0.717, 1.165) is 35.6 Å². The lowest BCUT2D eigenvalue weighted by atomic mass is 10.1. The summed E-state index contributed by atoms with van der Waals surface area (Å²) in [6.07, 6.45) is -2.11. The summed E-state index contributed by atoms with van der Waals surface area (Å²) in [5.74, 6) is -0.611. The van der Waals surface area contributed by atoms with Crippen LogP contribution in [-0.2, 0) is 6.18 Å². The summed E-state index contributed by atoms with van der Waals surface area (Å²) < 4.78 is 37.7. The van der Waals surface area contributed by atoms with Gasteiger partial charge in [-0.3, -0.25) is 14.9 Å². The molecule has 8 heteroatoms. The van der Waals surface area contributed by atoms with Crippen molar-refractivity contribution in [2.75, 3.05) is 0 Å². The zero-order valence-corrected chi connectivity index (χ0v) is 11.6. The highest BCUT2D eigenvalue weighted by Gasteiger charge is 2.30. The van der Waals surface area contributed by atoms with Crippen LogP contribution in [0.15, 0.2) is 41.8 Å². The van der Waals surface area contributed by atoms with Gasteiger partial charge in [-0.05, 0) is 29.8 Å². The zero-order chi connectivity index (χ0) is 16.3. The smallest absolute Gasteiger partial charge is 0.289 e. The van der Waals surface area contributed by atoms with Crippen molar-refractivity contribution in [2.24, 2.45) is 0 Å². The Bertz CT molecular complexity index is 750. The number of ketones is 1. The fraction of sp³-hybridized carbons (Fsp3) is 0.0714. The van der Waals surface area contributed by atoms with Crippen molar-refractivity contribution in [3.8, 4) is 0 Å². The largest absolute Gasteiger partial charge is 0.416 e. The van der Waals surface area contributed by atoms with Crippen LogP contribution in [0.3, 0.4) is 0 Å². The Morgan fingerprint density at radius 1 is 1.27 bits per heavy atom. The molecule has 4 nitrogen and oxygen atoms in total. The molecule has 0 atom stereocenters. The lowest BCUT2D eigenvalue weighted by Crippen LogP contribution is -2.06. The average molecular weight is 327 g/mol. The third-order valence-corrected chi connectivity index (χ3v) is 3.59. The second kappa shape index (κ2) is 6.10. The van der Waals surface area contributed by atoms with Crippen LogP contribution in [0.1, 0.15) is 21.5 Å². The van der Waals surface area contributed by atoms with Crippen molar-refractivity contribution >= 4 is 28.2 Å². The molecule has 0 aliphatic carbocycles. The van der Waals surface area contributed by atoms with E-state index in [1.54, 1.807) is 0 Å². The summed E-state index contributed by atoms with van der Waals surface area (Å²) in [4.78, 5) is 21.8. The minimum Gasteiger partial charge on any atom is -0.289 e. The number of halogens is 3. The van der Waals surface area contributed by atoms with Crippen LogP contribution in [0.25, 0.3) is 6.08 Å². The van der Waals surface area contributed by atoms with Crippen LogP contribution >= 0.6 is 11.3 Å². The molecule has 0 radical (unpaired) electrons. The van der Waals surface area contributed by atoms with Gasteiger partial charge >= 0.3 is 11.2 Å². The van der Waals surface area contributed by atoms with Crippen LogP contribution in [0.4, 0.5) is 18.2 Å². The van der Waals surface area contributed by atoms with Gasteiger partial charge in [-0.15, -0.1) is 0 Å². The number of benzene rings is 1. The molecule has 22 heavy (non-hydrogen) atoms. The highest BCUT2D eigenvalue weighted by molar-refractivity contribution is 7.13. The van der Waals surface area contributed by atoms with Gasteiger partial charge in [0.15, 0.2) is 5.78 Å². The Kier molecular flexibility index (Phi) is 4.41. The summed E-state index contributed by atoms with van der Waals surface area (Å²) in [6, 6.07) is 5.35. The van der Waals surface area contributed by atoms with E-state index in [4.69, 9.17) is 0 Å². The van der Waals surface area contributed by atoms with Gasteiger partial charge in [0.25, 0.3) is 0 Å². The molecule has 0 unspecified atom stereocenters. The molecule has 1 aromatic carbocycles. The molecule has 0 bridgehead atoms. The molecule has 0 spiro atoms. The van der Waals surface area contributed by atoms with Crippen molar-refractivity contribution in [1.82, 2.24) is 0 Å². The summed E-state index contributed by atoms with van der Waals surface area (Å²) in [6.45, 7) is 0. The lowest BCUT2D eigenvalue weighted by Gasteiger charge is -2.06. The number of alkyl halides is 3. The molecule has 2 rings (SSSR count). The minimum absolute atomic E-state index is 0.0776. The number of nitrogens with zero attached hydrogens (tertiary/aromatic N) is 1. The van der Waals surface area contributed by atoms with Crippen molar-refractivity contribution in [3.63, 3.8) is 0 Å². The molecule has 0 N–H and O–H groups in total. The highest BCUT2D eigenvalue weighted by Crippen LogP contribution is 2.29. The third-order valence-electron chi connectivity index (χ3n) is 2.69. The van der Waals surface area contributed by atoms with E-state index in [-0.39, 0.29) is 10.6 Å². The highest BCUT2D eigenvalue weighted by atomic mass is 32.1. The SMILES string of the molecule is O=C(C=Cc1csc([N+](=O)[O-])c1)c1cccc(C(F)(F)F)c1. The van der Waals surface area contributed by atoms with Crippen molar-refractivity contribution < 1.29 is 22.9 Å². The molecular weight excluding hydrogens is 319 g/mol. The van der Waals surface area contributed by atoms with Gasteiger partial charge < -0.3 is 0 Å². The number of allylic oxidation sites excluding steroid dienone is 1. The van der Waals surface area contributed by atoms with Gasteiger partial charge in [-0.2, -0.15) is 13.2 Å². The molecule has 2 aromatic rings. The number of hydrogen-bond donors (Lipinski definition) is 0. The maximum atomic E-state index is 12.6. The number of carbonyl (C=O) groups is 1. The van der Waals surface area contributed by atoms with E-state index in [1.165, 1.54) is 23.6 Å². The van der Waals surface area contributed by atoms with Crippen molar-refractivity contribution in [1.29, 1.82) is 0 Å². The minimum atomic E-state index is -4.52. The molecule has 114 valence electrons. The van der Waals surface area contributed by atoms with Crippen LogP contribution in [0.5, 0.6) is 0 Å². The summed E-state index contributed by atoms with van der Waals surface area (Å²) >= 11 is 0.901. The van der Waals surface area contributed by atoms with Gasteiger partial charge in [-0.25, -0.2) is 0 Å². The molecule has 0 saturated carbocycles. The molecule has 1 heterocycles. The zero-order valence-electron chi connectivity index (χ0n) is 10.8. The second-order valence-electron chi connectivity index (χ2n) is 4.25. The lowest BCUT2D eigenvalue weighted by molar-refractivity contribution is -0.380. The molecule has 0 amide bonds. The van der Waals surface area contributed by atoms with E-state index in [0.29, 0.717) is 5.56 Å². The third kappa shape index (κ3) is 3.79. The van der Waals surface area contributed by atoms with Crippen LogP contribution in [0, 0.1) is 10.1 Å². The number of hydrogen-bond acceptors (Lipinski definition) is 4. The van der Waals surface area contributed by atoms with Crippen LogP contribution in [-0.4, -0.2) is 10.7 Å². The first-order valence-electron chi connectivity index (χ1n) is 5.90. The Morgan fingerprint density at radius 2 is 2.00 bits per heavy atom. The predicted octanol–water partition coefficient (Wildman–Crippen LogP) is 4.57. The van der Waals surface area contributed by atoms with Crippen LogP contribution < -0.4 is 0 Å². The van der Waals surface area contributed by atoms with E-state index >= 15 is 0 Å². The first kappa shape index (κ1) is 15.9. The first-order valence-corrected chi connectivity index (χ1v) is 6.78. The normalized spacial score (nSPS) is 11.8. The Morgan fingerprint density at radius 3 is 2.59 bits per heavy atom. The number of carbonyl (C=O) groups excluding carboxylic acids is 1. The van der Waals surface area contributed by atoms with Gasteiger partial charge in [0.05, 0.1) is 10.5 Å². The fourth-order valence-electron chi connectivity index (χ4n) is 1.64. The summed E-state index contributed by atoms with van der Waals surface area (Å²) in [5, 5.41) is 11.9. The van der Waals surface area contributed by atoms with Gasteiger partial charge in [0, 0.05) is 17.0 Å². The number of thiophene rings is 1. The summed E-state index contributed by atoms with van der Waals surface area (Å²) in [5.41, 5.74) is -0.564. The topological polar surface area (TPSA) is 60.2 Å². The van der Waals surface area contributed by atoms with Crippen LogP contribution in [0.2, 0.25) is 0 Å².